The predicted octanol–water partition coefficient (Wildman–Crippen LogP) is 0.661. The smallest absolute Gasteiger partial charge is 0.326 e. The Morgan fingerprint density at radius 1 is 0.865 bits per heavy atom. The Balaban J connectivity index is 2.06. The molecule has 0 radical (unpaired) electrons. The van der Waals surface area contributed by atoms with Crippen molar-refractivity contribution in [3.8, 4) is 0 Å². The first-order valence-corrected chi connectivity index (χ1v) is 12.5. The van der Waals surface area contributed by atoms with Gasteiger partial charge in [-0.3, -0.25) is 14.4 Å². The molecule has 0 bridgehead atoms. The Kier molecular flexibility index (Phi) is 11.1. The number of H-pyrrole nitrogens is 1. The van der Waals surface area contributed by atoms with Crippen molar-refractivity contribution in [3.63, 3.8) is 0 Å². The number of aromatic nitrogens is 1. The number of hydrogen-bond donors (Lipinski definition) is 7. The summed E-state index contributed by atoms with van der Waals surface area (Å²) in [5.41, 5.74) is 7.95. The Morgan fingerprint density at radius 2 is 1.41 bits per heavy atom. The average Bonchev–Trinajstić information content (AvgIpc) is 3.23. The van der Waals surface area contributed by atoms with Crippen LogP contribution in [-0.4, -0.2) is 69.7 Å². The van der Waals surface area contributed by atoms with Crippen molar-refractivity contribution in [2.45, 2.75) is 71.1 Å². The molecule has 1 aromatic carbocycles. The molecule has 2 aromatic rings. The van der Waals surface area contributed by atoms with Crippen LogP contribution in [-0.2, 0) is 25.6 Å². The molecule has 8 N–H and O–H groups in total. The molecule has 3 amide bonds. The van der Waals surface area contributed by atoms with Gasteiger partial charge in [0.05, 0.1) is 12.6 Å². The van der Waals surface area contributed by atoms with Crippen LogP contribution in [0.25, 0.3) is 10.9 Å². The third-order valence-electron chi connectivity index (χ3n) is 5.93. The molecule has 204 valence electrons. The predicted molar refractivity (Wildman–Crippen MR) is 139 cm³/mol. The number of carbonyl (C=O) groups excluding carboxylic acids is 3. The summed E-state index contributed by atoms with van der Waals surface area (Å²) in [5.74, 6) is -3.22. The minimum atomic E-state index is -1.38. The SMILES string of the molecule is CC(C)CC(NC(=O)C(CO)NC(=O)C(CC(C)C)NC(=O)C(N)Cc1c[nH]c2ccccc12)C(=O)O. The van der Waals surface area contributed by atoms with E-state index in [1.54, 1.807) is 6.20 Å². The molecule has 4 atom stereocenters. The molecule has 0 aliphatic rings. The van der Waals surface area contributed by atoms with E-state index in [1.807, 2.05) is 52.0 Å². The van der Waals surface area contributed by atoms with E-state index in [-0.39, 0.29) is 31.1 Å². The number of carboxylic acid groups (broad SMARTS) is 1. The van der Waals surface area contributed by atoms with E-state index in [2.05, 4.69) is 20.9 Å². The van der Waals surface area contributed by atoms with Gasteiger partial charge in [0, 0.05) is 17.1 Å². The van der Waals surface area contributed by atoms with Crippen molar-refractivity contribution in [3.05, 3.63) is 36.0 Å². The fourth-order valence-corrected chi connectivity index (χ4v) is 4.04. The number of carbonyl (C=O) groups is 4. The summed E-state index contributed by atoms with van der Waals surface area (Å²) in [7, 11) is 0. The van der Waals surface area contributed by atoms with Crippen molar-refractivity contribution in [2.24, 2.45) is 17.6 Å². The van der Waals surface area contributed by atoms with E-state index in [4.69, 9.17) is 5.73 Å². The topological polar surface area (TPSA) is 187 Å². The third-order valence-corrected chi connectivity index (χ3v) is 5.93. The molecule has 0 aliphatic heterocycles. The molecule has 0 aliphatic carbocycles. The zero-order valence-corrected chi connectivity index (χ0v) is 21.8. The molecule has 11 nitrogen and oxygen atoms in total. The molecular formula is C26H39N5O6. The number of rotatable bonds is 14. The van der Waals surface area contributed by atoms with Crippen molar-refractivity contribution >= 4 is 34.6 Å². The molecule has 0 saturated heterocycles. The van der Waals surface area contributed by atoms with Gasteiger partial charge in [-0.15, -0.1) is 0 Å². The largest absolute Gasteiger partial charge is 0.480 e. The average molecular weight is 518 g/mol. The Bertz CT molecular complexity index is 1080. The maximum atomic E-state index is 13.0. The van der Waals surface area contributed by atoms with Crippen molar-refractivity contribution < 1.29 is 29.4 Å². The van der Waals surface area contributed by atoms with Crippen molar-refractivity contribution in [2.75, 3.05) is 6.61 Å². The fraction of sp³-hybridized carbons (Fsp3) is 0.538. The van der Waals surface area contributed by atoms with Crippen LogP contribution in [0.3, 0.4) is 0 Å². The first kappa shape index (κ1) is 29.8. The minimum Gasteiger partial charge on any atom is -0.480 e. The number of amides is 3. The van der Waals surface area contributed by atoms with Gasteiger partial charge in [0.1, 0.15) is 18.1 Å². The summed E-state index contributed by atoms with van der Waals surface area (Å²) in [5, 5.41) is 27.5. The van der Waals surface area contributed by atoms with Crippen LogP contribution in [0, 0.1) is 11.8 Å². The molecule has 2 rings (SSSR count). The lowest BCUT2D eigenvalue weighted by atomic mass is 10.0. The second-order valence-electron chi connectivity index (χ2n) is 10.1. The highest BCUT2D eigenvalue weighted by molar-refractivity contribution is 5.94. The molecule has 0 fully saturated rings. The van der Waals surface area contributed by atoms with E-state index in [0.717, 1.165) is 16.5 Å². The number of hydrogen-bond acceptors (Lipinski definition) is 6. The minimum absolute atomic E-state index is 0.00247. The Hall–Kier alpha value is -3.44. The van der Waals surface area contributed by atoms with E-state index < -0.39 is 54.5 Å². The van der Waals surface area contributed by atoms with Crippen LogP contribution in [0.1, 0.15) is 46.1 Å². The second kappa shape index (κ2) is 13.8. The monoisotopic (exact) mass is 517 g/mol. The molecule has 4 unspecified atom stereocenters. The summed E-state index contributed by atoms with van der Waals surface area (Å²) >= 11 is 0. The Labute approximate surface area is 216 Å². The standard InChI is InChI=1S/C26H39N5O6/c1-14(2)9-20(24(34)31-22(13-32)25(35)30-21(26(36)37)10-15(3)4)29-23(33)18(27)11-16-12-28-19-8-6-5-7-17(16)19/h5-8,12,14-15,18,20-22,28,32H,9-11,13,27H2,1-4H3,(H,29,33)(H,30,35)(H,31,34)(H,36,37). The van der Waals surface area contributed by atoms with E-state index in [0.29, 0.717) is 0 Å². The van der Waals surface area contributed by atoms with Gasteiger partial charge in [-0.25, -0.2) is 4.79 Å². The first-order valence-electron chi connectivity index (χ1n) is 12.5. The first-order chi connectivity index (χ1) is 17.4. The van der Waals surface area contributed by atoms with Crippen molar-refractivity contribution in [1.82, 2.24) is 20.9 Å². The number of nitrogens with two attached hydrogens (primary N) is 1. The summed E-state index contributed by atoms with van der Waals surface area (Å²) in [4.78, 5) is 53.1. The number of benzene rings is 1. The summed E-state index contributed by atoms with van der Waals surface area (Å²) in [6, 6.07) is 3.17. The number of nitrogens with one attached hydrogen (secondary N) is 4. The molecule has 0 spiro atoms. The normalized spacial score (nSPS) is 14.7. The zero-order chi connectivity index (χ0) is 27.7. The lowest BCUT2D eigenvalue weighted by molar-refractivity contribution is -0.143. The van der Waals surface area contributed by atoms with Crippen LogP contribution in [0.15, 0.2) is 30.5 Å². The highest BCUT2D eigenvalue weighted by atomic mass is 16.4. The van der Waals surface area contributed by atoms with Crippen LogP contribution in [0.5, 0.6) is 0 Å². The molecule has 0 saturated carbocycles. The summed E-state index contributed by atoms with van der Waals surface area (Å²) in [6.45, 7) is 6.63. The molecular weight excluding hydrogens is 478 g/mol. The zero-order valence-electron chi connectivity index (χ0n) is 21.8. The number of aromatic amines is 1. The lowest BCUT2D eigenvalue weighted by Gasteiger charge is -2.25. The van der Waals surface area contributed by atoms with Crippen LogP contribution >= 0.6 is 0 Å². The number of para-hydroxylation sites is 1. The summed E-state index contributed by atoms with van der Waals surface area (Å²) in [6.07, 6.45) is 2.50. The number of aliphatic hydroxyl groups is 1. The van der Waals surface area contributed by atoms with Crippen LogP contribution in [0.2, 0.25) is 0 Å². The summed E-state index contributed by atoms with van der Waals surface area (Å²) < 4.78 is 0. The van der Waals surface area contributed by atoms with Crippen LogP contribution < -0.4 is 21.7 Å². The lowest BCUT2D eigenvalue weighted by Crippen LogP contribution is -2.58. The number of carboxylic acids is 1. The van der Waals surface area contributed by atoms with Gasteiger partial charge >= 0.3 is 5.97 Å². The van der Waals surface area contributed by atoms with Crippen molar-refractivity contribution in [1.29, 1.82) is 0 Å². The third kappa shape index (κ3) is 8.87. The maximum Gasteiger partial charge on any atom is 0.326 e. The number of aliphatic carboxylic acids is 1. The van der Waals surface area contributed by atoms with Gasteiger partial charge < -0.3 is 36.9 Å². The fourth-order valence-electron chi connectivity index (χ4n) is 4.04. The van der Waals surface area contributed by atoms with Gasteiger partial charge in [-0.1, -0.05) is 45.9 Å². The van der Waals surface area contributed by atoms with Gasteiger partial charge in [-0.05, 0) is 42.7 Å². The number of fused-ring (bicyclic) bond motifs is 1. The second-order valence-corrected chi connectivity index (χ2v) is 10.1. The quantitative estimate of drug-likeness (QED) is 0.192. The van der Waals surface area contributed by atoms with Gasteiger partial charge in [-0.2, -0.15) is 0 Å². The maximum absolute atomic E-state index is 13.0. The number of aliphatic hydroxyl groups excluding tert-OH is 1. The molecule has 1 heterocycles. The molecule has 1 aromatic heterocycles. The van der Waals surface area contributed by atoms with E-state index >= 15 is 0 Å². The Morgan fingerprint density at radius 3 is 2.00 bits per heavy atom. The van der Waals surface area contributed by atoms with E-state index in [1.165, 1.54) is 0 Å². The highest BCUT2D eigenvalue weighted by Crippen LogP contribution is 2.19. The van der Waals surface area contributed by atoms with Gasteiger partial charge in [0.25, 0.3) is 0 Å². The molecule has 11 heteroatoms. The van der Waals surface area contributed by atoms with Gasteiger partial charge in [0.15, 0.2) is 0 Å². The van der Waals surface area contributed by atoms with E-state index in [9.17, 15) is 29.4 Å². The van der Waals surface area contributed by atoms with Gasteiger partial charge in [0.2, 0.25) is 17.7 Å². The molecule has 37 heavy (non-hydrogen) atoms. The van der Waals surface area contributed by atoms with Crippen LogP contribution in [0.4, 0.5) is 0 Å². The highest BCUT2D eigenvalue weighted by Gasteiger charge is 2.30.